The van der Waals surface area contributed by atoms with E-state index < -0.39 is 0 Å². The first-order valence-corrected chi connectivity index (χ1v) is 13.7. The third kappa shape index (κ3) is 3.84. The van der Waals surface area contributed by atoms with E-state index in [1.807, 2.05) is 28.7 Å². The standard InChI is InChI=1S/C26H33N5O2S/c1-16(2)7-8-30-23(33)20-5-3-4-6-21(20)31-24(30)28-29-25(31)34-15-22(32)27-26-12-17-9-18(13-26)11-19(10-17)14-26/h3-6,16-19H,7-15H2,1-2H3,(H,27,32). The molecule has 4 aliphatic rings. The molecule has 4 bridgehead atoms. The molecule has 4 fully saturated rings. The van der Waals surface area contributed by atoms with Gasteiger partial charge < -0.3 is 5.32 Å². The highest BCUT2D eigenvalue weighted by Crippen LogP contribution is 2.55. The monoisotopic (exact) mass is 479 g/mol. The Morgan fingerprint density at radius 2 is 1.79 bits per heavy atom. The van der Waals surface area contributed by atoms with Crippen LogP contribution in [0.15, 0.2) is 34.2 Å². The number of fused-ring (bicyclic) bond motifs is 3. The van der Waals surface area contributed by atoms with Gasteiger partial charge in [-0.2, -0.15) is 0 Å². The van der Waals surface area contributed by atoms with Gasteiger partial charge in [0.25, 0.3) is 5.56 Å². The zero-order valence-electron chi connectivity index (χ0n) is 20.0. The molecule has 7 rings (SSSR count). The molecule has 0 spiro atoms. The van der Waals surface area contributed by atoms with Gasteiger partial charge in [0.2, 0.25) is 11.7 Å². The number of carbonyl (C=O) groups is 1. The Morgan fingerprint density at radius 3 is 2.47 bits per heavy atom. The first kappa shape index (κ1) is 22.1. The molecule has 4 aliphatic carbocycles. The molecule has 0 saturated heterocycles. The summed E-state index contributed by atoms with van der Waals surface area (Å²) in [7, 11) is 0. The van der Waals surface area contributed by atoms with Crippen molar-refractivity contribution in [3.05, 3.63) is 34.6 Å². The number of benzene rings is 1. The summed E-state index contributed by atoms with van der Waals surface area (Å²) >= 11 is 1.41. The summed E-state index contributed by atoms with van der Waals surface area (Å²) in [5.74, 6) is 3.82. The Morgan fingerprint density at radius 1 is 1.12 bits per heavy atom. The number of thioether (sulfide) groups is 1. The summed E-state index contributed by atoms with van der Waals surface area (Å²) in [6.45, 7) is 4.90. The van der Waals surface area contributed by atoms with Gasteiger partial charge in [0.1, 0.15) is 0 Å². The highest BCUT2D eigenvalue weighted by atomic mass is 32.2. The lowest BCUT2D eigenvalue weighted by molar-refractivity contribution is -0.124. The number of nitrogens with one attached hydrogen (secondary N) is 1. The number of hydrogen-bond acceptors (Lipinski definition) is 5. The number of hydrogen-bond donors (Lipinski definition) is 1. The molecule has 180 valence electrons. The maximum atomic E-state index is 13.2. The number of aryl methyl sites for hydroxylation is 1. The topological polar surface area (TPSA) is 81.3 Å². The smallest absolute Gasteiger partial charge is 0.262 e. The largest absolute Gasteiger partial charge is 0.350 e. The van der Waals surface area contributed by atoms with Crippen LogP contribution in [0.1, 0.15) is 58.8 Å². The second-order valence-electron chi connectivity index (χ2n) is 11.3. The average Bonchev–Trinajstić information content (AvgIpc) is 3.20. The van der Waals surface area contributed by atoms with E-state index >= 15 is 0 Å². The van der Waals surface area contributed by atoms with Crippen molar-refractivity contribution in [1.29, 1.82) is 0 Å². The van der Waals surface area contributed by atoms with Crippen molar-refractivity contribution in [2.45, 2.75) is 76.0 Å². The molecule has 0 aliphatic heterocycles. The van der Waals surface area contributed by atoms with E-state index in [1.165, 1.54) is 31.0 Å². The zero-order valence-corrected chi connectivity index (χ0v) is 20.8. The molecule has 1 amide bonds. The van der Waals surface area contributed by atoms with E-state index in [0.717, 1.165) is 49.0 Å². The predicted molar refractivity (Wildman–Crippen MR) is 134 cm³/mol. The molecule has 0 atom stereocenters. The molecule has 8 heteroatoms. The number of amides is 1. The maximum Gasteiger partial charge on any atom is 0.262 e. The Hall–Kier alpha value is -2.35. The maximum absolute atomic E-state index is 13.2. The second-order valence-corrected chi connectivity index (χ2v) is 12.3. The third-order valence-corrected chi connectivity index (χ3v) is 9.11. The first-order valence-electron chi connectivity index (χ1n) is 12.7. The Balaban J connectivity index is 1.26. The lowest BCUT2D eigenvalue weighted by Crippen LogP contribution is -2.60. The Labute approximate surface area is 203 Å². The number of para-hydroxylation sites is 1. The van der Waals surface area contributed by atoms with E-state index in [-0.39, 0.29) is 17.0 Å². The number of carbonyl (C=O) groups excluding carboxylic acids is 1. The van der Waals surface area contributed by atoms with Gasteiger partial charge in [0.05, 0.1) is 16.7 Å². The van der Waals surface area contributed by atoms with E-state index in [4.69, 9.17) is 0 Å². The predicted octanol–water partition coefficient (Wildman–Crippen LogP) is 4.27. The molecular formula is C26H33N5O2S. The Kier molecular flexibility index (Phi) is 5.47. The van der Waals surface area contributed by atoms with Crippen LogP contribution in [0.3, 0.4) is 0 Å². The molecule has 0 unspecified atom stereocenters. The van der Waals surface area contributed by atoms with E-state index in [2.05, 4.69) is 29.4 Å². The fourth-order valence-corrected chi connectivity index (χ4v) is 7.88. The van der Waals surface area contributed by atoms with Crippen LogP contribution in [0.2, 0.25) is 0 Å². The molecule has 1 N–H and O–H groups in total. The minimum Gasteiger partial charge on any atom is -0.350 e. The van der Waals surface area contributed by atoms with Gasteiger partial charge in [-0.05, 0) is 80.8 Å². The van der Waals surface area contributed by atoms with E-state index in [9.17, 15) is 9.59 Å². The fourth-order valence-electron chi connectivity index (χ4n) is 7.14. The van der Waals surface area contributed by atoms with Gasteiger partial charge in [-0.3, -0.25) is 18.6 Å². The van der Waals surface area contributed by atoms with Gasteiger partial charge in [-0.15, -0.1) is 10.2 Å². The summed E-state index contributed by atoms with van der Waals surface area (Å²) in [4.78, 5) is 26.3. The van der Waals surface area contributed by atoms with Crippen LogP contribution in [-0.2, 0) is 11.3 Å². The van der Waals surface area contributed by atoms with Crippen LogP contribution in [0.4, 0.5) is 0 Å². The summed E-state index contributed by atoms with van der Waals surface area (Å²) in [6.07, 6.45) is 8.42. The molecule has 0 radical (unpaired) electrons. The lowest BCUT2D eigenvalue weighted by Gasteiger charge is -2.56. The average molecular weight is 480 g/mol. The van der Waals surface area contributed by atoms with Crippen molar-refractivity contribution in [3.63, 3.8) is 0 Å². The van der Waals surface area contributed by atoms with Crippen LogP contribution in [0, 0.1) is 23.7 Å². The van der Waals surface area contributed by atoms with Crippen molar-refractivity contribution in [3.8, 4) is 0 Å². The van der Waals surface area contributed by atoms with Crippen molar-refractivity contribution in [2.75, 3.05) is 5.75 Å². The van der Waals surface area contributed by atoms with Crippen LogP contribution in [-0.4, -0.2) is 36.4 Å². The SMILES string of the molecule is CC(C)CCn1c(=O)c2ccccc2n2c(SCC(=O)NC34CC5CC(CC(C5)C3)C4)nnc12. The molecule has 2 heterocycles. The van der Waals surface area contributed by atoms with Crippen LogP contribution >= 0.6 is 11.8 Å². The highest BCUT2D eigenvalue weighted by molar-refractivity contribution is 7.99. The first-order chi connectivity index (χ1) is 16.4. The van der Waals surface area contributed by atoms with Gasteiger partial charge >= 0.3 is 0 Å². The minimum absolute atomic E-state index is 0.0172. The van der Waals surface area contributed by atoms with E-state index in [1.54, 1.807) is 4.57 Å². The zero-order chi connectivity index (χ0) is 23.4. The molecule has 34 heavy (non-hydrogen) atoms. The van der Waals surface area contributed by atoms with Crippen molar-refractivity contribution >= 4 is 34.3 Å². The number of aromatic nitrogens is 4. The highest BCUT2D eigenvalue weighted by Gasteiger charge is 2.51. The molecule has 2 aromatic heterocycles. The van der Waals surface area contributed by atoms with Crippen molar-refractivity contribution < 1.29 is 4.79 Å². The number of rotatable bonds is 7. The fraction of sp³-hybridized carbons (Fsp3) is 0.615. The normalized spacial score (nSPS) is 27.8. The van der Waals surface area contributed by atoms with Gasteiger partial charge in [-0.25, -0.2) is 0 Å². The summed E-state index contributed by atoms with van der Waals surface area (Å²) in [5.41, 5.74) is 0.771. The van der Waals surface area contributed by atoms with Gasteiger partial charge in [-0.1, -0.05) is 37.7 Å². The van der Waals surface area contributed by atoms with Gasteiger partial charge in [0, 0.05) is 12.1 Å². The summed E-state index contributed by atoms with van der Waals surface area (Å²) in [5, 5.41) is 13.6. The van der Waals surface area contributed by atoms with Crippen LogP contribution in [0.5, 0.6) is 0 Å². The lowest BCUT2D eigenvalue weighted by atomic mass is 9.53. The summed E-state index contributed by atoms with van der Waals surface area (Å²) in [6, 6.07) is 7.60. The molecule has 4 saturated carbocycles. The second kappa shape index (κ2) is 8.40. The summed E-state index contributed by atoms with van der Waals surface area (Å²) < 4.78 is 3.68. The minimum atomic E-state index is -0.0349. The molecule has 7 nitrogen and oxygen atoms in total. The van der Waals surface area contributed by atoms with E-state index in [0.29, 0.717) is 34.5 Å². The van der Waals surface area contributed by atoms with Crippen molar-refractivity contribution in [1.82, 2.24) is 24.5 Å². The van der Waals surface area contributed by atoms with Gasteiger partial charge in [0.15, 0.2) is 5.16 Å². The molecule has 3 aromatic rings. The third-order valence-electron chi connectivity index (χ3n) is 8.18. The van der Waals surface area contributed by atoms with Crippen LogP contribution in [0.25, 0.3) is 16.7 Å². The van der Waals surface area contributed by atoms with Crippen molar-refractivity contribution in [2.24, 2.45) is 23.7 Å². The quantitative estimate of drug-likeness (QED) is 0.512. The Bertz CT molecular complexity index is 1270. The number of nitrogens with zero attached hydrogens (tertiary/aromatic N) is 4. The molecular weight excluding hydrogens is 446 g/mol. The molecule has 1 aromatic carbocycles. The van der Waals surface area contributed by atoms with Crippen LogP contribution < -0.4 is 10.9 Å².